The maximum Gasteiger partial charge on any atom is 0.341 e. The lowest BCUT2D eigenvalue weighted by Gasteiger charge is -2.02. The molecule has 108 valence electrons. The quantitative estimate of drug-likeness (QED) is 0.558. The minimum atomic E-state index is -0.343. The number of hydrogen-bond donors (Lipinski definition) is 1. The van der Waals surface area contributed by atoms with Crippen LogP contribution in [0.15, 0.2) is 10.5 Å². The highest BCUT2D eigenvalue weighted by Crippen LogP contribution is 2.15. The van der Waals surface area contributed by atoms with Crippen molar-refractivity contribution in [1.82, 2.24) is 5.32 Å². The average Bonchev–Trinajstić information content (AvgIpc) is 2.78. The molecule has 0 amide bonds. The highest BCUT2D eigenvalue weighted by molar-refractivity contribution is 7.98. The van der Waals surface area contributed by atoms with E-state index in [4.69, 9.17) is 4.42 Å². The zero-order valence-corrected chi connectivity index (χ0v) is 12.8. The Bertz CT molecular complexity index is 390. The van der Waals surface area contributed by atoms with Gasteiger partial charge in [-0.25, -0.2) is 4.79 Å². The van der Waals surface area contributed by atoms with Crippen molar-refractivity contribution >= 4 is 17.7 Å². The Morgan fingerprint density at radius 2 is 2.21 bits per heavy atom. The number of methoxy groups -OCH3 is 1. The van der Waals surface area contributed by atoms with Crippen molar-refractivity contribution in [3.8, 4) is 0 Å². The number of rotatable bonds is 9. The van der Waals surface area contributed by atoms with E-state index in [1.165, 1.54) is 32.1 Å². The van der Waals surface area contributed by atoms with Crippen LogP contribution in [0.25, 0.3) is 0 Å². The molecule has 0 spiro atoms. The van der Waals surface area contributed by atoms with E-state index in [1.54, 1.807) is 13.0 Å². The SMILES string of the molecule is COC(=O)c1cc(CNCCCCCSC)oc1C. The zero-order chi connectivity index (χ0) is 14.1. The van der Waals surface area contributed by atoms with Gasteiger partial charge in [0.15, 0.2) is 0 Å². The van der Waals surface area contributed by atoms with Gasteiger partial charge in [0.2, 0.25) is 0 Å². The van der Waals surface area contributed by atoms with Crippen molar-refractivity contribution in [2.45, 2.75) is 32.7 Å². The molecule has 0 aliphatic heterocycles. The standard InChI is InChI=1S/C14H23NO3S/c1-11-13(14(16)17-2)9-12(18-11)10-15-7-5-4-6-8-19-3/h9,15H,4-8,10H2,1-3H3. The van der Waals surface area contributed by atoms with Gasteiger partial charge in [-0.2, -0.15) is 11.8 Å². The maximum atomic E-state index is 11.4. The maximum absolute atomic E-state index is 11.4. The van der Waals surface area contributed by atoms with Crippen molar-refractivity contribution in [2.24, 2.45) is 0 Å². The van der Waals surface area contributed by atoms with Crippen LogP contribution in [0, 0.1) is 6.92 Å². The zero-order valence-electron chi connectivity index (χ0n) is 12.0. The van der Waals surface area contributed by atoms with E-state index < -0.39 is 0 Å². The lowest BCUT2D eigenvalue weighted by Crippen LogP contribution is -2.14. The van der Waals surface area contributed by atoms with E-state index in [-0.39, 0.29) is 5.97 Å². The number of esters is 1. The van der Waals surface area contributed by atoms with Crippen molar-refractivity contribution in [3.05, 3.63) is 23.2 Å². The molecule has 0 aromatic carbocycles. The average molecular weight is 285 g/mol. The van der Waals surface area contributed by atoms with Crippen molar-refractivity contribution < 1.29 is 13.9 Å². The summed E-state index contributed by atoms with van der Waals surface area (Å²) in [5.74, 6) is 2.29. The normalized spacial score (nSPS) is 10.7. The van der Waals surface area contributed by atoms with Gasteiger partial charge >= 0.3 is 5.97 Å². The molecule has 0 fully saturated rings. The first-order chi connectivity index (χ1) is 9.19. The van der Waals surface area contributed by atoms with Crippen LogP contribution in [-0.2, 0) is 11.3 Å². The van der Waals surface area contributed by atoms with Crippen LogP contribution in [0.5, 0.6) is 0 Å². The molecule has 0 saturated carbocycles. The Labute approximate surface area is 119 Å². The first kappa shape index (κ1) is 16.1. The second-order valence-corrected chi connectivity index (χ2v) is 5.39. The summed E-state index contributed by atoms with van der Waals surface area (Å²) in [6.45, 7) is 3.40. The number of unbranched alkanes of at least 4 members (excludes halogenated alkanes) is 2. The minimum Gasteiger partial charge on any atom is -0.465 e. The Morgan fingerprint density at radius 3 is 2.89 bits per heavy atom. The van der Waals surface area contributed by atoms with E-state index in [2.05, 4.69) is 16.3 Å². The number of carbonyl (C=O) groups is 1. The van der Waals surface area contributed by atoms with Crippen molar-refractivity contribution in [3.63, 3.8) is 0 Å². The summed E-state index contributed by atoms with van der Waals surface area (Å²) in [5, 5.41) is 3.32. The molecule has 0 bridgehead atoms. The van der Waals surface area contributed by atoms with Gasteiger partial charge in [-0.3, -0.25) is 0 Å². The summed E-state index contributed by atoms with van der Waals surface area (Å²) in [5.41, 5.74) is 0.513. The third-order valence-electron chi connectivity index (χ3n) is 2.88. The van der Waals surface area contributed by atoms with Crippen molar-refractivity contribution in [1.29, 1.82) is 0 Å². The predicted octanol–water partition coefficient (Wildman–Crippen LogP) is 3.00. The molecule has 0 saturated heterocycles. The van der Waals surface area contributed by atoms with E-state index in [0.29, 0.717) is 17.9 Å². The molecule has 1 aromatic rings. The second kappa shape index (κ2) is 9.04. The van der Waals surface area contributed by atoms with Crippen LogP contribution in [-0.4, -0.2) is 31.6 Å². The van der Waals surface area contributed by atoms with Crippen molar-refractivity contribution in [2.75, 3.05) is 25.7 Å². The van der Waals surface area contributed by atoms with Gasteiger partial charge in [0, 0.05) is 0 Å². The third kappa shape index (κ3) is 5.70. The van der Waals surface area contributed by atoms with Gasteiger partial charge in [-0.05, 0) is 44.4 Å². The van der Waals surface area contributed by atoms with Crippen LogP contribution in [0.2, 0.25) is 0 Å². The molecule has 1 N–H and O–H groups in total. The van der Waals surface area contributed by atoms with E-state index in [1.807, 2.05) is 11.8 Å². The molecular formula is C14H23NO3S. The van der Waals surface area contributed by atoms with Gasteiger partial charge in [-0.1, -0.05) is 6.42 Å². The fourth-order valence-corrected chi connectivity index (χ4v) is 2.32. The monoisotopic (exact) mass is 285 g/mol. The van der Waals surface area contributed by atoms with Gasteiger partial charge in [0.1, 0.15) is 17.1 Å². The molecule has 5 heteroatoms. The molecule has 0 unspecified atom stereocenters. The Morgan fingerprint density at radius 1 is 1.42 bits per heavy atom. The number of hydrogen-bond acceptors (Lipinski definition) is 5. The number of nitrogens with one attached hydrogen (secondary N) is 1. The Kier molecular flexibility index (Phi) is 7.67. The Balaban J connectivity index is 2.25. The van der Waals surface area contributed by atoms with E-state index >= 15 is 0 Å². The van der Waals surface area contributed by atoms with Gasteiger partial charge in [-0.15, -0.1) is 0 Å². The first-order valence-corrected chi connectivity index (χ1v) is 7.95. The second-order valence-electron chi connectivity index (χ2n) is 4.40. The van der Waals surface area contributed by atoms with Gasteiger partial charge in [0.25, 0.3) is 0 Å². The number of thioether (sulfide) groups is 1. The number of carbonyl (C=O) groups excluding carboxylic acids is 1. The summed E-state index contributed by atoms with van der Waals surface area (Å²) in [6, 6.07) is 1.75. The molecule has 0 atom stereocenters. The third-order valence-corrected chi connectivity index (χ3v) is 3.57. The summed E-state index contributed by atoms with van der Waals surface area (Å²) >= 11 is 1.89. The van der Waals surface area contributed by atoms with Crippen LogP contribution < -0.4 is 5.32 Å². The molecular weight excluding hydrogens is 262 g/mol. The fraction of sp³-hybridized carbons (Fsp3) is 0.643. The fourth-order valence-electron chi connectivity index (χ4n) is 1.83. The summed E-state index contributed by atoms with van der Waals surface area (Å²) < 4.78 is 10.2. The summed E-state index contributed by atoms with van der Waals surface area (Å²) in [7, 11) is 1.38. The largest absolute Gasteiger partial charge is 0.465 e. The molecule has 1 heterocycles. The van der Waals surface area contributed by atoms with Crippen LogP contribution in [0.3, 0.4) is 0 Å². The van der Waals surface area contributed by atoms with Crippen LogP contribution >= 0.6 is 11.8 Å². The number of furan rings is 1. The molecule has 0 radical (unpaired) electrons. The van der Waals surface area contributed by atoms with E-state index in [9.17, 15) is 4.79 Å². The summed E-state index contributed by atoms with van der Waals surface area (Å²) in [4.78, 5) is 11.4. The minimum absolute atomic E-state index is 0.343. The highest BCUT2D eigenvalue weighted by atomic mass is 32.2. The van der Waals surface area contributed by atoms with Gasteiger partial charge in [0.05, 0.1) is 13.7 Å². The molecule has 0 aliphatic carbocycles. The van der Waals surface area contributed by atoms with Crippen LogP contribution in [0.1, 0.15) is 41.1 Å². The topological polar surface area (TPSA) is 51.5 Å². The molecule has 19 heavy (non-hydrogen) atoms. The molecule has 0 aliphatic rings. The molecule has 4 nitrogen and oxygen atoms in total. The predicted molar refractivity (Wildman–Crippen MR) is 78.7 cm³/mol. The number of ether oxygens (including phenoxy) is 1. The summed E-state index contributed by atoms with van der Waals surface area (Å²) in [6.07, 6.45) is 5.83. The van der Waals surface area contributed by atoms with Gasteiger partial charge < -0.3 is 14.5 Å². The molecule has 1 aromatic heterocycles. The van der Waals surface area contributed by atoms with Crippen LogP contribution in [0.4, 0.5) is 0 Å². The lowest BCUT2D eigenvalue weighted by molar-refractivity contribution is 0.0599. The smallest absolute Gasteiger partial charge is 0.341 e. The van der Waals surface area contributed by atoms with E-state index in [0.717, 1.165) is 12.3 Å². The highest BCUT2D eigenvalue weighted by Gasteiger charge is 2.14. The first-order valence-electron chi connectivity index (χ1n) is 6.56. The number of aryl methyl sites for hydroxylation is 1. The molecule has 1 rings (SSSR count). The Hall–Kier alpha value is -0.940. The lowest BCUT2D eigenvalue weighted by atomic mass is 10.2.